The van der Waals surface area contributed by atoms with Crippen molar-refractivity contribution < 1.29 is 24.2 Å². The molecule has 0 saturated carbocycles. The van der Waals surface area contributed by atoms with Crippen molar-refractivity contribution in [3.8, 4) is 0 Å². The van der Waals surface area contributed by atoms with Crippen molar-refractivity contribution in [2.75, 3.05) is 24.7 Å². The Morgan fingerprint density at radius 3 is 2.48 bits per heavy atom. The summed E-state index contributed by atoms with van der Waals surface area (Å²) < 4.78 is 4.43. The Bertz CT molecular complexity index is 1160. The van der Waals surface area contributed by atoms with Gasteiger partial charge in [-0.1, -0.05) is 44.2 Å². The van der Waals surface area contributed by atoms with E-state index < -0.39 is 33.4 Å². The van der Waals surface area contributed by atoms with Gasteiger partial charge in [0.1, 0.15) is 6.04 Å². The van der Waals surface area contributed by atoms with Crippen LogP contribution in [0, 0.1) is 31.6 Å². The van der Waals surface area contributed by atoms with Gasteiger partial charge >= 0.3 is 5.97 Å². The number of likely N-dealkylation sites (tertiary alicyclic amines) is 1. The first-order valence-electron chi connectivity index (χ1n) is 14.4. The second-order valence-corrected chi connectivity index (χ2v) is 13.9. The topological polar surface area (TPSA) is 87.1 Å². The molecular weight excluding hydrogens is 524 g/mol. The molecule has 1 aromatic carbocycles. The predicted molar refractivity (Wildman–Crippen MR) is 160 cm³/mol. The largest absolute Gasteiger partial charge is 0.465 e. The van der Waals surface area contributed by atoms with Crippen LogP contribution in [0.2, 0.25) is 0 Å². The second kappa shape index (κ2) is 11.7. The van der Waals surface area contributed by atoms with Crippen molar-refractivity contribution in [1.82, 2.24) is 4.90 Å². The maximum Gasteiger partial charge on any atom is 0.311 e. The number of ether oxygens (including phenoxy) is 1. The Morgan fingerprint density at radius 1 is 1.23 bits per heavy atom. The highest BCUT2D eigenvalue weighted by atomic mass is 32.2. The number of thioether (sulfide) groups is 1. The van der Waals surface area contributed by atoms with E-state index in [1.165, 1.54) is 0 Å². The molecule has 1 N–H and O–H groups in total. The van der Waals surface area contributed by atoms with Crippen molar-refractivity contribution in [3.05, 3.63) is 54.6 Å². The molecule has 6 atom stereocenters. The number of para-hydroxylation sites is 1. The van der Waals surface area contributed by atoms with Gasteiger partial charge in [-0.25, -0.2) is 0 Å². The molecule has 8 heteroatoms. The minimum absolute atomic E-state index is 0.0883. The number of carbonyl (C=O) groups excluding carboxylic acids is 3. The molecule has 0 aromatic heterocycles. The van der Waals surface area contributed by atoms with Gasteiger partial charge in [-0.3, -0.25) is 14.4 Å². The first-order valence-corrected chi connectivity index (χ1v) is 15.2. The van der Waals surface area contributed by atoms with E-state index in [0.29, 0.717) is 19.3 Å². The van der Waals surface area contributed by atoms with Crippen molar-refractivity contribution in [2.24, 2.45) is 17.8 Å². The van der Waals surface area contributed by atoms with Crippen LogP contribution in [-0.2, 0) is 19.1 Å². The van der Waals surface area contributed by atoms with Gasteiger partial charge in [-0.2, -0.15) is 0 Å². The number of aliphatic hydroxyl groups is 1. The number of esters is 1. The number of aliphatic hydroxyl groups excluding tert-OH is 1. The molecule has 1 spiro atoms. The number of hydrogen-bond acceptors (Lipinski definition) is 6. The number of amides is 2. The number of aryl methyl sites for hydroxylation is 2. The normalized spacial score (nSPS) is 29.4. The molecule has 40 heavy (non-hydrogen) atoms. The van der Waals surface area contributed by atoms with Gasteiger partial charge in [0.15, 0.2) is 0 Å². The average Bonchev–Trinajstić information content (AvgIpc) is 3.47. The molecule has 0 aliphatic carbocycles. The molecule has 2 unspecified atom stereocenters. The molecule has 218 valence electrons. The Morgan fingerprint density at radius 2 is 1.90 bits per heavy atom. The van der Waals surface area contributed by atoms with Crippen LogP contribution in [-0.4, -0.2) is 69.1 Å². The van der Waals surface area contributed by atoms with E-state index in [1.54, 1.807) is 33.7 Å². The monoisotopic (exact) mass is 568 g/mol. The summed E-state index contributed by atoms with van der Waals surface area (Å²) in [4.78, 5) is 46.3. The van der Waals surface area contributed by atoms with Gasteiger partial charge < -0.3 is 19.6 Å². The maximum atomic E-state index is 14.9. The number of rotatable bonds is 12. The van der Waals surface area contributed by atoms with Crippen LogP contribution in [0.1, 0.15) is 57.6 Å². The van der Waals surface area contributed by atoms with Crippen molar-refractivity contribution in [2.45, 2.75) is 81.9 Å². The third-order valence-electron chi connectivity index (χ3n) is 9.10. The minimum Gasteiger partial charge on any atom is -0.465 e. The number of carbonyl (C=O) groups is 3. The molecule has 2 amide bonds. The molecule has 1 aromatic rings. The molecular formula is C32H44N2O5S. The lowest BCUT2D eigenvalue weighted by molar-refractivity contribution is -0.156. The Hall–Kier alpha value is -2.58. The first kappa shape index (κ1) is 30.4. The van der Waals surface area contributed by atoms with E-state index in [2.05, 4.69) is 13.2 Å². The Labute approximate surface area is 243 Å². The van der Waals surface area contributed by atoms with E-state index >= 15 is 0 Å². The van der Waals surface area contributed by atoms with Crippen LogP contribution < -0.4 is 4.90 Å². The zero-order valence-corrected chi connectivity index (χ0v) is 25.3. The van der Waals surface area contributed by atoms with E-state index in [-0.39, 0.29) is 43.5 Å². The summed E-state index contributed by atoms with van der Waals surface area (Å²) in [5.74, 6) is -2.21. The van der Waals surface area contributed by atoms with Crippen molar-refractivity contribution in [3.63, 3.8) is 0 Å². The third-order valence-corrected chi connectivity index (χ3v) is 11.1. The zero-order chi connectivity index (χ0) is 29.4. The highest BCUT2D eigenvalue weighted by Gasteiger charge is 2.78. The van der Waals surface area contributed by atoms with Crippen LogP contribution in [0.25, 0.3) is 0 Å². The quantitative estimate of drug-likeness (QED) is 0.221. The summed E-state index contributed by atoms with van der Waals surface area (Å²) in [7, 11) is 0. The van der Waals surface area contributed by atoms with Crippen LogP contribution in [0.3, 0.4) is 0 Å². The van der Waals surface area contributed by atoms with Crippen LogP contribution >= 0.6 is 11.8 Å². The fourth-order valence-corrected chi connectivity index (χ4v) is 9.59. The lowest BCUT2D eigenvalue weighted by Gasteiger charge is -2.41. The second-order valence-electron chi connectivity index (χ2n) is 12.0. The van der Waals surface area contributed by atoms with E-state index in [1.807, 2.05) is 52.8 Å². The molecule has 3 heterocycles. The zero-order valence-electron chi connectivity index (χ0n) is 24.5. The summed E-state index contributed by atoms with van der Waals surface area (Å²) in [6.07, 6.45) is 6.26. The summed E-state index contributed by atoms with van der Waals surface area (Å²) in [6.45, 7) is 17.8. The third kappa shape index (κ3) is 4.81. The van der Waals surface area contributed by atoms with Gasteiger partial charge in [-0.15, -0.1) is 24.9 Å². The molecule has 3 aliphatic heterocycles. The fraction of sp³-hybridized carbons (Fsp3) is 0.594. The van der Waals surface area contributed by atoms with Crippen LogP contribution in [0.15, 0.2) is 43.5 Å². The number of unbranched alkanes of at least 4 members (excludes halogenated alkanes) is 1. The summed E-state index contributed by atoms with van der Waals surface area (Å²) in [5.41, 5.74) is 2.73. The first-order chi connectivity index (χ1) is 19.0. The van der Waals surface area contributed by atoms with E-state index in [9.17, 15) is 19.5 Å². The number of nitrogens with zero attached hydrogens (tertiary/aromatic N) is 2. The summed E-state index contributed by atoms with van der Waals surface area (Å²) in [5, 5.41) is 10.5. The summed E-state index contributed by atoms with van der Waals surface area (Å²) in [6, 6.07) is 4.54. The molecule has 3 aliphatic rings. The van der Waals surface area contributed by atoms with E-state index in [4.69, 9.17) is 4.74 Å². The molecule has 3 fully saturated rings. The lowest BCUT2D eigenvalue weighted by atomic mass is 9.66. The smallest absolute Gasteiger partial charge is 0.311 e. The van der Waals surface area contributed by atoms with Crippen LogP contribution in [0.5, 0.6) is 0 Å². The Balaban J connectivity index is 1.83. The highest BCUT2D eigenvalue weighted by Crippen LogP contribution is 2.72. The van der Waals surface area contributed by atoms with Gasteiger partial charge in [0.2, 0.25) is 5.91 Å². The average molecular weight is 569 g/mol. The molecule has 0 radical (unpaired) electrons. The molecule has 3 saturated heterocycles. The molecule has 4 rings (SSSR count). The number of anilines is 1. The highest BCUT2D eigenvalue weighted by molar-refractivity contribution is 8.02. The Kier molecular flexibility index (Phi) is 8.91. The lowest BCUT2D eigenvalue weighted by Crippen LogP contribution is -2.58. The number of hydrogen-bond donors (Lipinski definition) is 1. The molecule has 2 bridgehead atoms. The summed E-state index contributed by atoms with van der Waals surface area (Å²) >= 11 is 1.62. The molecule has 7 nitrogen and oxygen atoms in total. The van der Waals surface area contributed by atoms with Crippen molar-refractivity contribution in [1.29, 1.82) is 0 Å². The number of allylic oxidation sites excluding steroid dienone is 1. The van der Waals surface area contributed by atoms with Crippen LogP contribution in [0.4, 0.5) is 5.69 Å². The van der Waals surface area contributed by atoms with Crippen molar-refractivity contribution >= 4 is 35.2 Å². The van der Waals surface area contributed by atoms with Gasteiger partial charge in [0.25, 0.3) is 5.91 Å². The number of benzene rings is 1. The standard InChI is InChI=1S/C32H44N2O5S/c1-8-10-11-18-39-30(38)25-24-28(36)34(23(19-35)20(3)4)27(32(24)16-15-31(25,7)40-32)29(37)33(17-9-2)26-21(5)13-12-14-22(26)6/h8-9,12-14,20,23-25,27,35H,1-2,10-11,15-19H2,3-7H3/t23-,24-,25-,27?,31+,32?/m0/s1. The van der Waals surface area contributed by atoms with E-state index in [0.717, 1.165) is 23.2 Å². The van der Waals surface area contributed by atoms with Gasteiger partial charge in [-0.05, 0) is 63.5 Å². The van der Waals surface area contributed by atoms with Gasteiger partial charge in [0.05, 0.1) is 35.8 Å². The maximum absolute atomic E-state index is 14.9. The fourth-order valence-electron chi connectivity index (χ4n) is 7.27. The van der Waals surface area contributed by atoms with Gasteiger partial charge in [0, 0.05) is 17.0 Å². The number of fused-ring (bicyclic) bond motifs is 1. The minimum atomic E-state index is -0.825. The predicted octanol–water partition coefficient (Wildman–Crippen LogP) is 4.83. The SMILES string of the molecule is C=CCCCOC(=O)[C@@H]1[C@H]2C(=O)N([C@@H](CO)C(C)C)C(C(=O)N(CC=C)c3c(C)cccc3C)C23CC[C@@]1(C)S3.